The second-order valence-corrected chi connectivity index (χ2v) is 5.33. The van der Waals surface area contributed by atoms with Gasteiger partial charge in [-0.2, -0.15) is 0 Å². The minimum Gasteiger partial charge on any atom is -0.497 e. The van der Waals surface area contributed by atoms with Crippen molar-refractivity contribution in [1.82, 2.24) is 5.32 Å². The monoisotopic (exact) mass is 290 g/mol. The van der Waals surface area contributed by atoms with Crippen molar-refractivity contribution in [3.63, 3.8) is 0 Å². The zero-order valence-electron chi connectivity index (χ0n) is 12.6. The zero-order valence-corrected chi connectivity index (χ0v) is 12.6. The van der Waals surface area contributed by atoms with Gasteiger partial charge in [-0.05, 0) is 30.7 Å². The number of anilines is 1. The second-order valence-electron chi connectivity index (χ2n) is 5.33. The van der Waals surface area contributed by atoms with E-state index in [-0.39, 0.29) is 17.7 Å². The Morgan fingerprint density at radius 1 is 1.38 bits per heavy atom. The van der Waals surface area contributed by atoms with Crippen molar-refractivity contribution in [2.45, 2.75) is 26.2 Å². The Morgan fingerprint density at radius 2 is 2.10 bits per heavy atom. The molecule has 1 aromatic rings. The smallest absolute Gasteiger partial charge is 0.227 e. The molecule has 0 aliphatic carbocycles. The molecule has 5 nitrogen and oxygen atoms in total. The Hall–Kier alpha value is -2.04. The Morgan fingerprint density at radius 3 is 2.71 bits per heavy atom. The van der Waals surface area contributed by atoms with E-state index in [0.29, 0.717) is 25.9 Å². The molecule has 1 N–H and O–H groups in total. The number of carbonyl (C=O) groups excluding carboxylic acids is 2. The van der Waals surface area contributed by atoms with E-state index in [1.807, 2.05) is 31.2 Å². The highest BCUT2D eigenvalue weighted by atomic mass is 16.5. The molecule has 1 aliphatic heterocycles. The molecule has 114 valence electrons. The van der Waals surface area contributed by atoms with Crippen LogP contribution >= 0.6 is 0 Å². The van der Waals surface area contributed by atoms with Gasteiger partial charge in [0.25, 0.3) is 0 Å². The molecule has 2 rings (SSSR count). The summed E-state index contributed by atoms with van der Waals surface area (Å²) in [5.74, 6) is 1.12. The Bertz CT molecular complexity index is 499. The molecule has 1 fully saturated rings. The van der Waals surface area contributed by atoms with Gasteiger partial charge in [-0.15, -0.1) is 0 Å². The van der Waals surface area contributed by atoms with Gasteiger partial charge in [0.2, 0.25) is 11.8 Å². The summed E-state index contributed by atoms with van der Waals surface area (Å²) < 4.78 is 5.12. The summed E-state index contributed by atoms with van der Waals surface area (Å²) in [5.41, 5.74) is 0.878. The van der Waals surface area contributed by atoms with Crippen LogP contribution in [0.15, 0.2) is 24.3 Å². The maximum Gasteiger partial charge on any atom is 0.227 e. The molecule has 0 aromatic heterocycles. The number of rotatable bonds is 6. The third-order valence-electron chi connectivity index (χ3n) is 3.65. The van der Waals surface area contributed by atoms with Gasteiger partial charge in [-0.3, -0.25) is 9.59 Å². The van der Waals surface area contributed by atoms with E-state index in [1.54, 1.807) is 12.0 Å². The van der Waals surface area contributed by atoms with Gasteiger partial charge in [0, 0.05) is 37.5 Å². The minimum absolute atomic E-state index is 0.0628. The van der Waals surface area contributed by atoms with Crippen LogP contribution in [0, 0.1) is 5.92 Å². The van der Waals surface area contributed by atoms with E-state index in [9.17, 15) is 9.59 Å². The van der Waals surface area contributed by atoms with E-state index in [1.165, 1.54) is 0 Å². The molecule has 1 aliphatic rings. The first-order chi connectivity index (χ1) is 10.1. The number of methoxy groups -OCH3 is 1. The van der Waals surface area contributed by atoms with E-state index in [4.69, 9.17) is 4.74 Å². The average molecular weight is 290 g/mol. The number of amides is 2. The van der Waals surface area contributed by atoms with Crippen LogP contribution in [0.3, 0.4) is 0 Å². The van der Waals surface area contributed by atoms with Gasteiger partial charge in [0.15, 0.2) is 0 Å². The number of nitrogens with one attached hydrogen (secondary N) is 1. The van der Waals surface area contributed by atoms with Gasteiger partial charge in [-0.1, -0.05) is 6.92 Å². The van der Waals surface area contributed by atoms with Gasteiger partial charge in [-0.25, -0.2) is 0 Å². The predicted molar refractivity (Wildman–Crippen MR) is 81.4 cm³/mol. The normalized spacial score (nSPS) is 17.9. The van der Waals surface area contributed by atoms with Crippen LogP contribution in [0.5, 0.6) is 5.75 Å². The number of benzene rings is 1. The van der Waals surface area contributed by atoms with Gasteiger partial charge in [0.1, 0.15) is 5.75 Å². The lowest BCUT2D eigenvalue weighted by Crippen LogP contribution is -2.31. The number of nitrogens with zero attached hydrogens (tertiary/aromatic N) is 1. The lowest BCUT2D eigenvalue weighted by atomic mass is 10.1. The van der Waals surface area contributed by atoms with Crippen molar-refractivity contribution in [2.24, 2.45) is 5.92 Å². The molecule has 0 bridgehead atoms. The molecule has 0 spiro atoms. The third kappa shape index (κ3) is 3.97. The summed E-state index contributed by atoms with van der Waals surface area (Å²) in [5, 5.41) is 2.90. The summed E-state index contributed by atoms with van der Waals surface area (Å²) in [6.45, 7) is 3.19. The standard InChI is InChI=1S/C16H22N2O3/c1-3-4-15(19)17-10-12-9-16(20)18(11-12)13-5-7-14(21-2)8-6-13/h5-8,12H,3-4,9-11H2,1-2H3,(H,17,19). The van der Waals surface area contributed by atoms with Gasteiger partial charge >= 0.3 is 0 Å². The van der Waals surface area contributed by atoms with Crippen molar-refractivity contribution < 1.29 is 14.3 Å². The van der Waals surface area contributed by atoms with Crippen LogP contribution in [-0.4, -0.2) is 32.0 Å². The fourth-order valence-electron chi connectivity index (χ4n) is 2.50. The Balaban J connectivity index is 1.91. The van der Waals surface area contributed by atoms with Crippen LogP contribution in [0.1, 0.15) is 26.2 Å². The van der Waals surface area contributed by atoms with Crippen molar-refractivity contribution >= 4 is 17.5 Å². The highest BCUT2D eigenvalue weighted by molar-refractivity contribution is 5.95. The van der Waals surface area contributed by atoms with Crippen molar-refractivity contribution in [1.29, 1.82) is 0 Å². The topological polar surface area (TPSA) is 58.6 Å². The first kappa shape index (κ1) is 15.4. The molecule has 0 saturated carbocycles. The van der Waals surface area contributed by atoms with Crippen LogP contribution in [0.25, 0.3) is 0 Å². The van der Waals surface area contributed by atoms with Crippen LogP contribution in [0.2, 0.25) is 0 Å². The molecule has 1 saturated heterocycles. The number of carbonyl (C=O) groups is 2. The van der Waals surface area contributed by atoms with Crippen molar-refractivity contribution in [2.75, 3.05) is 25.1 Å². The number of hydrogen-bond acceptors (Lipinski definition) is 3. The largest absolute Gasteiger partial charge is 0.497 e. The maximum absolute atomic E-state index is 12.1. The van der Waals surface area contributed by atoms with Gasteiger partial charge in [0.05, 0.1) is 7.11 Å². The lowest BCUT2D eigenvalue weighted by Gasteiger charge is -2.17. The first-order valence-electron chi connectivity index (χ1n) is 7.35. The summed E-state index contributed by atoms with van der Waals surface area (Å²) in [6, 6.07) is 7.46. The molecule has 1 unspecified atom stereocenters. The van der Waals surface area contributed by atoms with E-state index >= 15 is 0 Å². The maximum atomic E-state index is 12.1. The highest BCUT2D eigenvalue weighted by Crippen LogP contribution is 2.26. The fraction of sp³-hybridized carbons (Fsp3) is 0.500. The average Bonchev–Trinajstić information content (AvgIpc) is 2.87. The molecule has 1 aromatic carbocycles. The predicted octanol–water partition coefficient (Wildman–Crippen LogP) is 1.96. The van der Waals surface area contributed by atoms with Crippen molar-refractivity contribution in [3.05, 3.63) is 24.3 Å². The molecular weight excluding hydrogens is 268 g/mol. The first-order valence-corrected chi connectivity index (χ1v) is 7.35. The summed E-state index contributed by atoms with van der Waals surface area (Å²) in [7, 11) is 1.62. The van der Waals surface area contributed by atoms with E-state index in [2.05, 4.69) is 5.32 Å². The van der Waals surface area contributed by atoms with Crippen LogP contribution in [0.4, 0.5) is 5.69 Å². The Labute approximate surface area is 125 Å². The van der Waals surface area contributed by atoms with Gasteiger partial charge < -0.3 is 15.0 Å². The van der Waals surface area contributed by atoms with Crippen molar-refractivity contribution in [3.8, 4) is 5.75 Å². The minimum atomic E-state index is 0.0628. The molecule has 2 amide bonds. The zero-order chi connectivity index (χ0) is 15.2. The number of hydrogen-bond donors (Lipinski definition) is 1. The molecule has 5 heteroatoms. The van der Waals surface area contributed by atoms with E-state index in [0.717, 1.165) is 17.9 Å². The van der Waals surface area contributed by atoms with E-state index < -0.39 is 0 Å². The lowest BCUT2D eigenvalue weighted by molar-refractivity contribution is -0.121. The molecule has 21 heavy (non-hydrogen) atoms. The molecular formula is C16H22N2O3. The third-order valence-corrected chi connectivity index (χ3v) is 3.65. The Kier molecular flexibility index (Phi) is 5.20. The molecule has 0 radical (unpaired) electrons. The summed E-state index contributed by atoms with van der Waals surface area (Å²) >= 11 is 0. The SMILES string of the molecule is CCCC(=O)NCC1CC(=O)N(c2ccc(OC)cc2)C1. The summed E-state index contributed by atoms with van der Waals surface area (Å²) in [6.07, 6.45) is 1.87. The van der Waals surface area contributed by atoms with Crippen LogP contribution < -0.4 is 15.0 Å². The quantitative estimate of drug-likeness (QED) is 0.871. The van der Waals surface area contributed by atoms with Crippen LogP contribution in [-0.2, 0) is 9.59 Å². The summed E-state index contributed by atoms with van der Waals surface area (Å²) in [4.78, 5) is 25.3. The highest BCUT2D eigenvalue weighted by Gasteiger charge is 2.30. The molecule has 1 heterocycles. The second kappa shape index (κ2) is 7.11. The number of ether oxygens (including phenoxy) is 1. The molecule has 1 atom stereocenters. The fourth-order valence-corrected chi connectivity index (χ4v) is 2.50.